The largest absolute Gasteiger partial charge is 0.494 e. The third-order valence-electron chi connectivity index (χ3n) is 4.59. The Labute approximate surface area is 166 Å². The lowest BCUT2D eigenvalue weighted by Gasteiger charge is -2.16. The van der Waals surface area contributed by atoms with Crippen LogP contribution in [0.5, 0.6) is 5.75 Å². The molecular weight excluding hydrogens is 370 g/mol. The molecule has 0 radical (unpaired) electrons. The third-order valence-corrected chi connectivity index (χ3v) is 4.59. The van der Waals surface area contributed by atoms with Gasteiger partial charge in [0.05, 0.1) is 24.9 Å². The van der Waals surface area contributed by atoms with Crippen molar-refractivity contribution in [3.8, 4) is 5.75 Å². The molecule has 7 heteroatoms. The first-order valence-electron chi connectivity index (χ1n) is 8.96. The van der Waals surface area contributed by atoms with Crippen molar-refractivity contribution in [3.05, 3.63) is 66.2 Å². The van der Waals surface area contributed by atoms with E-state index in [1.54, 1.807) is 25.3 Å². The highest BCUT2D eigenvalue weighted by atomic mass is 16.5. The number of aliphatic hydroxyl groups is 1. The summed E-state index contributed by atoms with van der Waals surface area (Å²) in [6.45, 7) is -0.213. The second-order valence-corrected chi connectivity index (χ2v) is 6.49. The maximum atomic E-state index is 11.0. The van der Waals surface area contributed by atoms with Crippen LogP contribution >= 0.6 is 0 Å². The summed E-state index contributed by atoms with van der Waals surface area (Å²) in [7, 11) is 1.60. The fourth-order valence-electron chi connectivity index (χ4n) is 3.38. The summed E-state index contributed by atoms with van der Waals surface area (Å²) >= 11 is 0. The van der Waals surface area contributed by atoms with Crippen molar-refractivity contribution in [2.45, 2.75) is 6.61 Å². The summed E-state index contributed by atoms with van der Waals surface area (Å²) in [5.74, 6) is 0.661. The van der Waals surface area contributed by atoms with E-state index in [0.717, 1.165) is 27.5 Å². The Morgan fingerprint density at radius 2 is 1.79 bits per heavy atom. The van der Waals surface area contributed by atoms with Crippen molar-refractivity contribution in [2.75, 3.05) is 17.7 Å². The zero-order chi connectivity index (χ0) is 20.4. The molecule has 1 heterocycles. The van der Waals surface area contributed by atoms with Crippen LogP contribution in [0.25, 0.3) is 21.8 Å². The molecule has 0 saturated carbocycles. The predicted molar refractivity (Wildman–Crippen MR) is 113 cm³/mol. The summed E-state index contributed by atoms with van der Waals surface area (Å²) < 4.78 is 5.48. The maximum Gasteiger partial charge on any atom is 0.409 e. The highest BCUT2D eigenvalue weighted by Gasteiger charge is 2.13. The van der Waals surface area contributed by atoms with Crippen LogP contribution in [0.3, 0.4) is 0 Å². The fourth-order valence-corrected chi connectivity index (χ4v) is 3.38. The molecule has 0 bridgehead atoms. The smallest absolute Gasteiger partial charge is 0.409 e. The lowest BCUT2D eigenvalue weighted by atomic mass is 10.1. The summed E-state index contributed by atoms with van der Waals surface area (Å²) in [6, 6.07) is 18.5. The van der Waals surface area contributed by atoms with E-state index >= 15 is 0 Å². The molecule has 0 fully saturated rings. The number of benzene rings is 3. The average Bonchev–Trinajstić information content (AvgIpc) is 2.72. The summed E-state index contributed by atoms with van der Waals surface area (Å²) in [6.07, 6.45) is -1.17. The SMILES string of the molecule is COc1cccc2c(Nc3cc(CO)cc(NC(=O)O)c3)c3ccccc3nc12. The van der Waals surface area contributed by atoms with E-state index in [0.29, 0.717) is 22.7 Å². The maximum absolute atomic E-state index is 11.0. The number of methoxy groups -OCH3 is 1. The van der Waals surface area contributed by atoms with E-state index < -0.39 is 6.09 Å². The Bertz CT molecular complexity index is 1220. The van der Waals surface area contributed by atoms with Gasteiger partial charge in [0.25, 0.3) is 0 Å². The van der Waals surface area contributed by atoms with Crippen LogP contribution in [0.4, 0.5) is 21.9 Å². The normalized spacial score (nSPS) is 10.8. The van der Waals surface area contributed by atoms with Gasteiger partial charge in [-0.1, -0.05) is 30.3 Å². The Morgan fingerprint density at radius 1 is 1.03 bits per heavy atom. The number of rotatable bonds is 5. The van der Waals surface area contributed by atoms with Crippen molar-refractivity contribution in [1.29, 1.82) is 0 Å². The van der Waals surface area contributed by atoms with E-state index in [-0.39, 0.29) is 6.61 Å². The number of carbonyl (C=O) groups is 1. The topological polar surface area (TPSA) is 104 Å². The van der Waals surface area contributed by atoms with Gasteiger partial charge in [0.1, 0.15) is 11.3 Å². The molecule has 1 aromatic heterocycles. The minimum Gasteiger partial charge on any atom is -0.494 e. The molecule has 4 aromatic rings. The monoisotopic (exact) mass is 389 g/mol. The van der Waals surface area contributed by atoms with Crippen LogP contribution in [0.15, 0.2) is 60.7 Å². The van der Waals surface area contributed by atoms with Crippen LogP contribution in [0, 0.1) is 0 Å². The number of amides is 1. The Balaban J connectivity index is 1.92. The molecule has 146 valence electrons. The summed E-state index contributed by atoms with van der Waals surface area (Å²) in [5.41, 5.74) is 3.93. The van der Waals surface area contributed by atoms with Crippen molar-refractivity contribution in [2.24, 2.45) is 0 Å². The number of fused-ring (bicyclic) bond motifs is 2. The molecule has 3 aromatic carbocycles. The van der Waals surface area contributed by atoms with Crippen LogP contribution in [0.1, 0.15) is 5.56 Å². The van der Waals surface area contributed by atoms with E-state index in [1.165, 1.54) is 0 Å². The molecule has 4 N–H and O–H groups in total. The quantitative estimate of drug-likeness (QED) is 0.368. The van der Waals surface area contributed by atoms with Gasteiger partial charge in [-0.25, -0.2) is 9.78 Å². The Hall–Kier alpha value is -3.84. The standard InChI is InChI=1S/C22H19N3O4/c1-29-19-8-4-6-17-20(16-5-2-3-7-18(16)25-21(17)19)23-14-9-13(12-26)10-15(11-14)24-22(27)28/h2-11,24,26H,12H2,1H3,(H,23,25)(H,27,28). The van der Waals surface area contributed by atoms with Crippen LogP contribution in [-0.2, 0) is 6.61 Å². The van der Waals surface area contributed by atoms with Crippen molar-refractivity contribution >= 4 is 45.0 Å². The van der Waals surface area contributed by atoms with Gasteiger partial charge in [-0.05, 0) is 35.9 Å². The number of ether oxygens (including phenoxy) is 1. The van der Waals surface area contributed by atoms with Gasteiger partial charge in [0, 0.05) is 22.1 Å². The van der Waals surface area contributed by atoms with Gasteiger partial charge in [-0.3, -0.25) is 5.32 Å². The third kappa shape index (κ3) is 3.63. The number of pyridine rings is 1. The average molecular weight is 389 g/mol. The van der Waals surface area contributed by atoms with E-state index in [2.05, 4.69) is 10.6 Å². The van der Waals surface area contributed by atoms with Gasteiger partial charge >= 0.3 is 6.09 Å². The second-order valence-electron chi connectivity index (χ2n) is 6.49. The minimum atomic E-state index is -1.17. The number of nitrogens with one attached hydrogen (secondary N) is 2. The molecule has 0 aliphatic carbocycles. The zero-order valence-corrected chi connectivity index (χ0v) is 15.6. The van der Waals surface area contributed by atoms with Crippen LogP contribution < -0.4 is 15.4 Å². The molecule has 29 heavy (non-hydrogen) atoms. The first kappa shape index (κ1) is 18.5. The Morgan fingerprint density at radius 3 is 2.55 bits per heavy atom. The molecule has 0 spiro atoms. The zero-order valence-electron chi connectivity index (χ0n) is 15.6. The van der Waals surface area contributed by atoms with Gasteiger partial charge in [-0.15, -0.1) is 0 Å². The first-order valence-corrected chi connectivity index (χ1v) is 8.96. The van der Waals surface area contributed by atoms with Crippen molar-refractivity contribution < 1.29 is 19.7 Å². The lowest BCUT2D eigenvalue weighted by molar-refractivity contribution is 0.209. The van der Waals surface area contributed by atoms with E-state index in [1.807, 2.05) is 42.5 Å². The number of para-hydroxylation sites is 2. The number of aromatic nitrogens is 1. The van der Waals surface area contributed by atoms with Crippen LogP contribution in [0.2, 0.25) is 0 Å². The van der Waals surface area contributed by atoms with Gasteiger partial charge in [0.15, 0.2) is 0 Å². The first-order chi connectivity index (χ1) is 14.1. The molecule has 7 nitrogen and oxygen atoms in total. The Kier molecular flexibility index (Phi) is 4.88. The molecule has 0 aliphatic rings. The lowest BCUT2D eigenvalue weighted by Crippen LogP contribution is -2.08. The van der Waals surface area contributed by atoms with Gasteiger partial charge < -0.3 is 20.3 Å². The number of aliphatic hydroxyl groups excluding tert-OH is 1. The second kappa shape index (κ2) is 7.65. The predicted octanol–water partition coefficient (Wildman–Crippen LogP) is 4.72. The molecule has 0 unspecified atom stereocenters. The number of carboxylic acid groups (broad SMARTS) is 1. The highest BCUT2D eigenvalue weighted by molar-refractivity contribution is 6.10. The molecule has 1 amide bonds. The molecule has 0 aliphatic heterocycles. The molecular formula is C22H19N3O4. The number of hydrogen-bond acceptors (Lipinski definition) is 5. The summed E-state index contributed by atoms with van der Waals surface area (Å²) in [5, 5.41) is 26.1. The minimum absolute atomic E-state index is 0.213. The fraction of sp³-hybridized carbons (Fsp3) is 0.0909. The number of anilines is 3. The van der Waals surface area contributed by atoms with E-state index in [4.69, 9.17) is 14.8 Å². The molecule has 0 atom stereocenters. The highest BCUT2D eigenvalue weighted by Crippen LogP contribution is 2.37. The van der Waals surface area contributed by atoms with Crippen LogP contribution in [-0.4, -0.2) is 28.4 Å². The van der Waals surface area contributed by atoms with Crippen molar-refractivity contribution in [3.63, 3.8) is 0 Å². The number of nitrogens with zero attached hydrogens (tertiary/aromatic N) is 1. The molecule has 4 rings (SSSR count). The van der Waals surface area contributed by atoms with Gasteiger partial charge in [0.2, 0.25) is 0 Å². The van der Waals surface area contributed by atoms with E-state index in [9.17, 15) is 9.90 Å². The van der Waals surface area contributed by atoms with Crippen molar-refractivity contribution in [1.82, 2.24) is 4.98 Å². The number of hydrogen-bond donors (Lipinski definition) is 4. The summed E-state index contributed by atoms with van der Waals surface area (Å²) in [4.78, 5) is 15.8. The van der Waals surface area contributed by atoms with Gasteiger partial charge in [-0.2, -0.15) is 0 Å². The molecule has 0 saturated heterocycles.